The van der Waals surface area contributed by atoms with Crippen LogP contribution >= 0.6 is 0 Å². The number of pyridine rings is 1. The number of aromatic nitrogens is 2. The quantitative estimate of drug-likeness (QED) is 0.730. The van der Waals surface area contributed by atoms with Crippen molar-refractivity contribution >= 4 is 17.1 Å². The molecule has 0 amide bonds. The predicted molar refractivity (Wildman–Crippen MR) is 60.1 cm³/mol. The molecule has 0 spiro atoms. The number of hydrogen-bond acceptors (Lipinski definition) is 1. The second-order valence-corrected chi connectivity index (χ2v) is 3.11. The van der Waals surface area contributed by atoms with Gasteiger partial charge in [-0.25, -0.2) is 4.98 Å². The average molecular weight is 184 g/mol. The largest absolute Gasteiger partial charge is 0.339 e. The molecular weight excluding hydrogens is 172 g/mol. The maximum atomic E-state index is 4.26. The number of nitrogens with zero attached hydrogens (tertiary/aromatic N) is 1. The van der Waals surface area contributed by atoms with E-state index in [0.29, 0.717) is 0 Å². The monoisotopic (exact) mass is 184 g/mol. The first kappa shape index (κ1) is 8.75. The smallest absolute Gasteiger partial charge is 0.137 e. The van der Waals surface area contributed by atoms with Gasteiger partial charge in [-0.1, -0.05) is 12.7 Å². The summed E-state index contributed by atoms with van der Waals surface area (Å²) in [6, 6.07) is 4.00. The highest BCUT2D eigenvalue weighted by atomic mass is 14.9. The minimum Gasteiger partial charge on any atom is -0.339 e. The van der Waals surface area contributed by atoms with Gasteiger partial charge < -0.3 is 4.98 Å². The zero-order valence-corrected chi connectivity index (χ0v) is 7.96. The molecule has 2 rings (SSSR count). The maximum Gasteiger partial charge on any atom is 0.137 e. The van der Waals surface area contributed by atoms with Crippen molar-refractivity contribution in [2.75, 3.05) is 0 Å². The summed E-state index contributed by atoms with van der Waals surface area (Å²) in [6.07, 6.45) is 6.33. The van der Waals surface area contributed by atoms with Gasteiger partial charge in [-0.2, -0.15) is 0 Å². The Hall–Kier alpha value is -1.83. The lowest BCUT2D eigenvalue weighted by atomic mass is 10.1. The molecule has 0 aliphatic heterocycles. The first-order chi connectivity index (χ1) is 6.86. The summed E-state index contributed by atoms with van der Waals surface area (Å²) in [7, 11) is 0. The number of hydrogen-bond donors (Lipinski definition) is 1. The fourth-order valence-corrected chi connectivity index (χ4v) is 1.64. The molecule has 0 unspecified atom stereocenters. The van der Waals surface area contributed by atoms with Gasteiger partial charge in [-0.3, -0.25) is 0 Å². The lowest BCUT2D eigenvalue weighted by Crippen LogP contribution is -1.81. The van der Waals surface area contributed by atoms with Crippen molar-refractivity contribution in [1.82, 2.24) is 9.97 Å². The number of fused-ring (bicyclic) bond motifs is 1. The zero-order chi connectivity index (χ0) is 9.97. The molecule has 2 heteroatoms. The molecule has 0 aliphatic rings. The molecule has 2 aromatic rings. The van der Waals surface area contributed by atoms with Crippen molar-refractivity contribution in [3.8, 4) is 0 Å². The summed E-state index contributed by atoms with van der Waals surface area (Å²) in [6.45, 7) is 7.52. The molecule has 2 aromatic heterocycles. The van der Waals surface area contributed by atoms with Gasteiger partial charge in [0.2, 0.25) is 0 Å². The van der Waals surface area contributed by atoms with Gasteiger partial charge in [0.05, 0.1) is 0 Å². The normalized spacial score (nSPS) is 10.3. The molecule has 0 saturated heterocycles. The Bertz CT molecular complexity index is 480. The Labute approximate surface area is 83.0 Å². The van der Waals surface area contributed by atoms with Crippen LogP contribution in [0.15, 0.2) is 37.6 Å². The third-order valence-electron chi connectivity index (χ3n) is 2.26. The second-order valence-electron chi connectivity index (χ2n) is 3.11. The summed E-state index contributed by atoms with van der Waals surface area (Å²) in [4.78, 5) is 7.48. The van der Waals surface area contributed by atoms with E-state index in [2.05, 4.69) is 29.2 Å². The fourth-order valence-electron chi connectivity index (χ4n) is 1.64. The Kier molecular flexibility index (Phi) is 2.19. The van der Waals surface area contributed by atoms with Crippen LogP contribution in [0.1, 0.15) is 11.3 Å². The first-order valence-corrected chi connectivity index (χ1v) is 4.55. The van der Waals surface area contributed by atoms with Crippen LogP contribution in [0.3, 0.4) is 0 Å². The standard InChI is InChI=1S/C12H12N2/c1-3-6-9-10-7-5-8-13-12(10)14-11(9)4-2/h3-5,7-8H,1-2,6H2,(H,13,14). The first-order valence-electron chi connectivity index (χ1n) is 4.55. The zero-order valence-electron chi connectivity index (χ0n) is 7.96. The van der Waals surface area contributed by atoms with Gasteiger partial charge in [-0.05, 0) is 30.2 Å². The van der Waals surface area contributed by atoms with Crippen molar-refractivity contribution in [3.05, 3.63) is 48.8 Å². The number of aromatic amines is 1. The number of allylic oxidation sites excluding steroid dienone is 1. The second kappa shape index (κ2) is 3.50. The highest BCUT2D eigenvalue weighted by Crippen LogP contribution is 2.22. The SMILES string of the molecule is C=CCc1c(C=C)[nH]c2ncccc12. The van der Waals surface area contributed by atoms with Crippen LogP contribution in [-0.4, -0.2) is 9.97 Å². The molecule has 1 N–H and O–H groups in total. The predicted octanol–water partition coefficient (Wildman–Crippen LogP) is 2.93. The molecule has 0 aliphatic carbocycles. The molecule has 14 heavy (non-hydrogen) atoms. The third kappa shape index (κ3) is 1.25. The summed E-state index contributed by atoms with van der Waals surface area (Å²) >= 11 is 0. The van der Waals surface area contributed by atoms with E-state index in [-0.39, 0.29) is 0 Å². The van der Waals surface area contributed by atoms with Crippen molar-refractivity contribution in [3.63, 3.8) is 0 Å². The van der Waals surface area contributed by atoms with E-state index in [0.717, 1.165) is 23.1 Å². The molecule has 0 saturated carbocycles. The molecule has 70 valence electrons. The van der Waals surface area contributed by atoms with Crippen LogP contribution in [0.5, 0.6) is 0 Å². The summed E-state index contributed by atoms with van der Waals surface area (Å²) < 4.78 is 0. The number of H-pyrrole nitrogens is 1. The molecule has 0 fully saturated rings. The molecular formula is C12H12N2. The molecule has 0 bridgehead atoms. The Morgan fingerprint density at radius 3 is 3.00 bits per heavy atom. The van der Waals surface area contributed by atoms with Crippen LogP contribution in [0.2, 0.25) is 0 Å². The molecule has 2 heterocycles. The molecule has 0 atom stereocenters. The molecule has 0 aromatic carbocycles. The van der Waals surface area contributed by atoms with Crippen molar-refractivity contribution in [2.45, 2.75) is 6.42 Å². The van der Waals surface area contributed by atoms with Gasteiger partial charge in [0.1, 0.15) is 5.65 Å². The van der Waals surface area contributed by atoms with Crippen LogP contribution in [0.4, 0.5) is 0 Å². The van der Waals surface area contributed by atoms with Gasteiger partial charge >= 0.3 is 0 Å². The van der Waals surface area contributed by atoms with E-state index in [9.17, 15) is 0 Å². The average Bonchev–Trinajstić information content (AvgIpc) is 2.58. The fraction of sp³-hybridized carbons (Fsp3) is 0.0833. The lowest BCUT2D eigenvalue weighted by molar-refractivity contribution is 1.26. The van der Waals surface area contributed by atoms with E-state index in [4.69, 9.17) is 0 Å². The van der Waals surface area contributed by atoms with Crippen molar-refractivity contribution in [2.24, 2.45) is 0 Å². The Balaban J connectivity index is 2.73. The Morgan fingerprint density at radius 1 is 1.43 bits per heavy atom. The van der Waals surface area contributed by atoms with Gasteiger partial charge in [0.15, 0.2) is 0 Å². The van der Waals surface area contributed by atoms with Crippen molar-refractivity contribution in [1.29, 1.82) is 0 Å². The number of rotatable bonds is 3. The van der Waals surface area contributed by atoms with E-state index in [1.54, 1.807) is 6.20 Å². The van der Waals surface area contributed by atoms with Crippen LogP contribution in [0, 0.1) is 0 Å². The minimum absolute atomic E-state index is 0.840. The van der Waals surface area contributed by atoms with Crippen LogP contribution < -0.4 is 0 Å². The van der Waals surface area contributed by atoms with Crippen LogP contribution in [-0.2, 0) is 6.42 Å². The van der Waals surface area contributed by atoms with Crippen molar-refractivity contribution < 1.29 is 0 Å². The Morgan fingerprint density at radius 2 is 2.29 bits per heavy atom. The van der Waals surface area contributed by atoms with Gasteiger partial charge in [0.25, 0.3) is 0 Å². The van der Waals surface area contributed by atoms with E-state index in [1.165, 1.54) is 5.56 Å². The summed E-state index contributed by atoms with van der Waals surface area (Å²) in [5.74, 6) is 0. The summed E-state index contributed by atoms with van der Waals surface area (Å²) in [5, 5.41) is 1.15. The molecule has 0 radical (unpaired) electrons. The van der Waals surface area contributed by atoms with E-state index in [1.807, 2.05) is 18.2 Å². The third-order valence-corrected chi connectivity index (χ3v) is 2.26. The minimum atomic E-state index is 0.840. The van der Waals surface area contributed by atoms with E-state index >= 15 is 0 Å². The van der Waals surface area contributed by atoms with E-state index < -0.39 is 0 Å². The number of nitrogens with one attached hydrogen (secondary N) is 1. The highest BCUT2D eigenvalue weighted by molar-refractivity contribution is 5.84. The van der Waals surface area contributed by atoms with Gasteiger partial charge in [-0.15, -0.1) is 6.58 Å². The maximum absolute atomic E-state index is 4.26. The topological polar surface area (TPSA) is 28.7 Å². The lowest BCUT2D eigenvalue weighted by Gasteiger charge is -1.94. The molecule has 2 nitrogen and oxygen atoms in total. The summed E-state index contributed by atoms with van der Waals surface area (Å²) in [5.41, 5.74) is 3.18. The van der Waals surface area contributed by atoms with Crippen LogP contribution in [0.25, 0.3) is 17.1 Å². The van der Waals surface area contributed by atoms with Gasteiger partial charge in [0, 0.05) is 17.3 Å². The highest BCUT2D eigenvalue weighted by Gasteiger charge is 2.07.